The van der Waals surface area contributed by atoms with Crippen LogP contribution in [0.2, 0.25) is 0 Å². The van der Waals surface area contributed by atoms with Crippen LogP contribution >= 0.6 is 0 Å². The van der Waals surface area contributed by atoms with E-state index in [1.807, 2.05) is 0 Å². The minimum absolute atomic E-state index is 0.246. The van der Waals surface area contributed by atoms with Crippen molar-refractivity contribution >= 4 is 11.9 Å². The smallest absolute Gasteiger partial charge is 0.328 e. The summed E-state index contributed by atoms with van der Waals surface area (Å²) in [4.78, 5) is 22.1. The van der Waals surface area contributed by atoms with Crippen molar-refractivity contribution in [2.75, 3.05) is 6.61 Å². The summed E-state index contributed by atoms with van der Waals surface area (Å²) in [5, 5.41) is 2.52. The van der Waals surface area contributed by atoms with Gasteiger partial charge in [-0.15, -0.1) is 6.58 Å². The minimum atomic E-state index is -0.607. The van der Waals surface area contributed by atoms with Crippen molar-refractivity contribution in [3.8, 4) is 0 Å². The second kappa shape index (κ2) is 6.18. The predicted molar refractivity (Wildman–Crippen MR) is 53.7 cm³/mol. The summed E-state index contributed by atoms with van der Waals surface area (Å²) in [6.07, 6.45) is 0.415. The first kappa shape index (κ1) is 12.7. The quantitative estimate of drug-likeness (QED) is 0.531. The normalized spacial score (nSPS) is 11.6. The zero-order valence-corrected chi connectivity index (χ0v) is 8.92. The SMILES string of the molecule is C=C(C)C[C@H](NC(C)=O)C(=O)OCC. The molecule has 1 N–H and O–H groups in total. The van der Waals surface area contributed by atoms with E-state index in [0.717, 1.165) is 5.57 Å². The van der Waals surface area contributed by atoms with Crippen LogP contribution in [-0.2, 0) is 14.3 Å². The number of esters is 1. The summed E-state index contributed by atoms with van der Waals surface area (Å²) >= 11 is 0. The van der Waals surface area contributed by atoms with Crippen molar-refractivity contribution in [3.63, 3.8) is 0 Å². The first-order valence-corrected chi connectivity index (χ1v) is 4.55. The highest BCUT2D eigenvalue weighted by Gasteiger charge is 2.20. The number of amides is 1. The molecular formula is C10H17NO3. The lowest BCUT2D eigenvalue weighted by Crippen LogP contribution is -2.40. The number of carbonyl (C=O) groups excluding carboxylic acids is 2. The van der Waals surface area contributed by atoms with Crippen LogP contribution in [0.15, 0.2) is 12.2 Å². The molecule has 0 spiro atoms. The van der Waals surface area contributed by atoms with Crippen molar-refractivity contribution in [3.05, 3.63) is 12.2 Å². The lowest BCUT2D eigenvalue weighted by atomic mass is 10.1. The van der Waals surface area contributed by atoms with E-state index in [9.17, 15) is 9.59 Å². The lowest BCUT2D eigenvalue weighted by Gasteiger charge is -2.15. The molecule has 80 valence electrons. The Hall–Kier alpha value is -1.32. The Labute approximate surface area is 84.3 Å². The molecule has 0 aliphatic rings. The van der Waals surface area contributed by atoms with Crippen molar-refractivity contribution < 1.29 is 14.3 Å². The largest absolute Gasteiger partial charge is 0.464 e. The molecule has 0 aliphatic carbocycles. The molecule has 1 amide bonds. The number of rotatable bonds is 5. The molecule has 0 aliphatic heterocycles. The van der Waals surface area contributed by atoms with Crippen molar-refractivity contribution in [2.24, 2.45) is 0 Å². The van der Waals surface area contributed by atoms with Gasteiger partial charge in [0.1, 0.15) is 6.04 Å². The van der Waals surface area contributed by atoms with Gasteiger partial charge >= 0.3 is 5.97 Å². The summed E-state index contributed by atoms with van der Waals surface area (Å²) in [5.74, 6) is -0.657. The van der Waals surface area contributed by atoms with Gasteiger partial charge in [-0.25, -0.2) is 4.79 Å². The van der Waals surface area contributed by atoms with Crippen LogP contribution in [0, 0.1) is 0 Å². The monoisotopic (exact) mass is 199 g/mol. The van der Waals surface area contributed by atoms with Crippen LogP contribution in [0.3, 0.4) is 0 Å². The van der Waals surface area contributed by atoms with Gasteiger partial charge in [0.25, 0.3) is 0 Å². The van der Waals surface area contributed by atoms with E-state index in [2.05, 4.69) is 11.9 Å². The van der Waals surface area contributed by atoms with Crippen LogP contribution < -0.4 is 5.32 Å². The summed E-state index contributed by atoms with van der Waals surface area (Å²) in [5.41, 5.74) is 0.830. The molecule has 0 rings (SSSR count). The van der Waals surface area contributed by atoms with E-state index in [1.54, 1.807) is 13.8 Å². The van der Waals surface area contributed by atoms with Gasteiger partial charge in [-0.1, -0.05) is 5.57 Å². The maximum atomic E-state index is 11.3. The third-order valence-electron chi connectivity index (χ3n) is 1.50. The van der Waals surface area contributed by atoms with Gasteiger partial charge < -0.3 is 10.1 Å². The molecule has 14 heavy (non-hydrogen) atoms. The van der Waals surface area contributed by atoms with E-state index in [4.69, 9.17) is 4.74 Å². The fourth-order valence-corrected chi connectivity index (χ4v) is 1.03. The van der Waals surface area contributed by atoms with Crippen molar-refractivity contribution in [1.82, 2.24) is 5.32 Å². The van der Waals surface area contributed by atoms with Gasteiger partial charge in [0.15, 0.2) is 0 Å². The fourth-order valence-electron chi connectivity index (χ4n) is 1.03. The van der Waals surface area contributed by atoms with E-state index in [0.29, 0.717) is 13.0 Å². The summed E-state index contributed by atoms with van der Waals surface area (Å²) < 4.78 is 4.81. The Morgan fingerprint density at radius 2 is 2.00 bits per heavy atom. The second-order valence-electron chi connectivity index (χ2n) is 3.17. The Bertz CT molecular complexity index is 220. The highest BCUT2D eigenvalue weighted by Crippen LogP contribution is 2.03. The standard InChI is InChI=1S/C10H17NO3/c1-5-14-10(13)9(6-7(2)3)11-8(4)12/h9H,2,5-6H2,1,3-4H3,(H,11,12)/t9-/m0/s1. The molecule has 0 radical (unpaired) electrons. The van der Waals surface area contributed by atoms with Crippen LogP contribution in [-0.4, -0.2) is 24.5 Å². The third-order valence-corrected chi connectivity index (χ3v) is 1.50. The van der Waals surface area contributed by atoms with Gasteiger partial charge in [0, 0.05) is 6.92 Å². The van der Waals surface area contributed by atoms with Crippen molar-refractivity contribution in [1.29, 1.82) is 0 Å². The average Bonchev–Trinajstić information content (AvgIpc) is 2.01. The molecule has 0 saturated heterocycles. The second-order valence-corrected chi connectivity index (χ2v) is 3.17. The zero-order chi connectivity index (χ0) is 11.1. The number of ether oxygens (including phenoxy) is 1. The lowest BCUT2D eigenvalue weighted by molar-refractivity contribution is -0.147. The fraction of sp³-hybridized carbons (Fsp3) is 0.600. The van der Waals surface area contributed by atoms with Gasteiger partial charge in [-0.2, -0.15) is 0 Å². The summed E-state index contributed by atoms with van der Waals surface area (Å²) in [6, 6.07) is -0.607. The average molecular weight is 199 g/mol. The topological polar surface area (TPSA) is 55.4 Å². The molecular weight excluding hydrogens is 182 g/mol. The van der Waals surface area contributed by atoms with E-state index < -0.39 is 12.0 Å². The highest BCUT2D eigenvalue weighted by atomic mass is 16.5. The van der Waals surface area contributed by atoms with Crippen molar-refractivity contribution in [2.45, 2.75) is 33.2 Å². The summed E-state index contributed by atoms with van der Waals surface area (Å²) in [7, 11) is 0. The van der Waals surface area contributed by atoms with Gasteiger partial charge in [0.2, 0.25) is 5.91 Å². The Kier molecular flexibility index (Phi) is 5.60. The molecule has 4 heteroatoms. The highest BCUT2D eigenvalue weighted by molar-refractivity contribution is 5.83. The van der Waals surface area contributed by atoms with E-state index >= 15 is 0 Å². The van der Waals surface area contributed by atoms with Gasteiger partial charge in [-0.3, -0.25) is 4.79 Å². The first-order chi connectivity index (χ1) is 6.47. The molecule has 0 heterocycles. The van der Waals surface area contributed by atoms with Crippen LogP contribution in [0.4, 0.5) is 0 Å². The molecule has 1 atom stereocenters. The van der Waals surface area contributed by atoms with Gasteiger partial charge in [0.05, 0.1) is 6.61 Å². The molecule has 0 aromatic carbocycles. The maximum Gasteiger partial charge on any atom is 0.328 e. The Morgan fingerprint density at radius 3 is 2.36 bits per heavy atom. The molecule has 0 saturated carbocycles. The number of carbonyl (C=O) groups is 2. The molecule has 0 aromatic rings. The maximum absolute atomic E-state index is 11.3. The zero-order valence-electron chi connectivity index (χ0n) is 8.92. The van der Waals surface area contributed by atoms with E-state index in [1.165, 1.54) is 6.92 Å². The number of nitrogens with one attached hydrogen (secondary N) is 1. The number of hydrogen-bond donors (Lipinski definition) is 1. The Balaban J connectivity index is 4.29. The molecule has 0 unspecified atom stereocenters. The van der Waals surface area contributed by atoms with Crippen LogP contribution in [0.5, 0.6) is 0 Å². The molecule has 0 bridgehead atoms. The molecule has 0 aromatic heterocycles. The summed E-state index contributed by atoms with van der Waals surface area (Å²) in [6.45, 7) is 8.89. The Morgan fingerprint density at radius 1 is 1.43 bits per heavy atom. The predicted octanol–water partition coefficient (Wildman–Crippen LogP) is 1.02. The molecule has 4 nitrogen and oxygen atoms in total. The van der Waals surface area contributed by atoms with Gasteiger partial charge in [-0.05, 0) is 20.3 Å². The third kappa shape index (κ3) is 5.35. The molecule has 0 fully saturated rings. The number of hydrogen-bond acceptors (Lipinski definition) is 3. The van der Waals surface area contributed by atoms with E-state index in [-0.39, 0.29) is 5.91 Å². The first-order valence-electron chi connectivity index (χ1n) is 4.55. The van der Waals surface area contributed by atoms with Crippen LogP contribution in [0.1, 0.15) is 27.2 Å². The van der Waals surface area contributed by atoms with Crippen LogP contribution in [0.25, 0.3) is 0 Å². The minimum Gasteiger partial charge on any atom is -0.464 e.